The Morgan fingerprint density at radius 1 is 1.16 bits per heavy atom. The number of hydrogen-bond donors (Lipinski definition) is 3. The van der Waals surface area contributed by atoms with Crippen molar-refractivity contribution in [1.82, 2.24) is 20.1 Å². The van der Waals surface area contributed by atoms with E-state index in [1.807, 2.05) is 19.4 Å². The van der Waals surface area contributed by atoms with E-state index < -0.39 is 17.7 Å². The molecular formula is C24H24ClF3N6O4. The first-order valence-electron chi connectivity index (χ1n) is 11.4. The maximum atomic E-state index is 11.5. The van der Waals surface area contributed by atoms with Crippen LogP contribution in [0.5, 0.6) is 0 Å². The fraction of sp³-hybridized carbons (Fsp3) is 0.333. The van der Waals surface area contributed by atoms with Gasteiger partial charge in [-0.15, -0.1) is 0 Å². The molecule has 2 saturated heterocycles. The minimum Gasteiger partial charge on any atom is -0.475 e. The number of nitrogens with zero attached hydrogens (tertiary/aromatic N) is 4. The average Bonchev–Trinajstić information content (AvgIpc) is 3.47. The number of ether oxygens (including phenoxy) is 1. The van der Waals surface area contributed by atoms with Crippen molar-refractivity contribution < 1.29 is 32.6 Å². The van der Waals surface area contributed by atoms with Crippen molar-refractivity contribution in [2.75, 3.05) is 30.3 Å². The van der Waals surface area contributed by atoms with Gasteiger partial charge in [0.25, 0.3) is 0 Å². The number of piperidine rings is 1. The van der Waals surface area contributed by atoms with Gasteiger partial charge < -0.3 is 25.8 Å². The van der Waals surface area contributed by atoms with E-state index in [1.54, 1.807) is 10.9 Å². The molecule has 2 aliphatic rings. The molecule has 0 aliphatic carbocycles. The lowest BCUT2D eigenvalue weighted by atomic mass is 9.90. The van der Waals surface area contributed by atoms with Crippen LogP contribution in [0.3, 0.4) is 0 Å². The van der Waals surface area contributed by atoms with E-state index in [0.717, 1.165) is 40.8 Å². The highest BCUT2D eigenvalue weighted by Gasteiger charge is 2.43. The maximum Gasteiger partial charge on any atom is 0.490 e. The number of carbonyl (C=O) groups excluding carboxylic acids is 1. The number of alkyl carbamates (subject to hydrolysis) is 1. The summed E-state index contributed by atoms with van der Waals surface area (Å²) >= 11 is 6.65. The number of carbonyl (C=O) groups is 2. The SMILES string of the molecule is Cn1cc(-c2ccc(-c3cnc(N)c(Cl)c3N3CCC4(CC3)CNC(=O)O4)cc2)cn1.O=C(O)C(F)(F)F. The number of halogens is 4. The van der Waals surface area contributed by atoms with Gasteiger partial charge in [0, 0.05) is 56.5 Å². The first-order chi connectivity index (χ1) is 17.9. The van der Waals surface area contributed by atoms with Gasteiger partial charge in [-0.25, -0.2) is 14.6 Å². The van der Waals surface area contributed by atoms with Gasteiger partial charge >= 0.3 is 18.2 Å². The summed E-state index contributed by atoms with van der Waals surface area (Å²) in [7, 11) is 1.90. The van der Waals surface area contributed by atoms with Gasteiger partial charge in [0.1, 0.15) is 16.4 Å². The van der Waals surface area contributed by atoms with Crippen molar-refractivity contribution in [3.8, 4) is 22.3 Å². The third-order valence-corrected chi connectivity index (χ3v) is 6.72. The summed E-state index contributed by atoms with van der Waals surface area (Å²) in [6.07, 6.45) is 1.63. The molecular weight excluding hydrogens is 529 g/mol. The van der Waals surface area contributed by atoms with Gasteiger partial charge in [-0.05, 0) is 11.1 Å². The third-order valence-electron chi connectivity index (χ3n) is 6.35. The summed E-state index contributed by atoms with van der Waals surface area (Å²) in [5.41, 5.74) is 10.6. The Bertz CT molecular complexity index is 1340. The number of alkyl halides is 3. The van der Waals surface area contributed by atoms with E-state index in [2.05, 4.69) is 44.6 Å². The van der Waals surface area contributed by atoms with Crippen LogP contribution in [0.4, 0.5) is 29.5 Å². The molecule has 1 aromatic carbocycles. The lowest BCUT2D eigenvalue weighted by molar-refractivity contribution is -0.192. The molecule has 0 bridgehead atoms. The number of anilines is 2. The molecule has 202 valence electrons. The lowest BCUT2D eigenvalue weighted by Gasteiger charge is -2.39. The number of carboxylic acids is 1. The number of benzene rings is 1. The van der Waals surface area contributed by atoms with Crippen LogP contribution < -0.4 is 16.0 Å². The number of carboxylic acid groups (broad SMARTS) is 1. The highest BCUT2D eigenvalue weighted by Crippen LogP contribution is 2.42. The second-order valence-corrected chi connectivity index (χ2v) is 9.29. The molecule has 4 N–H and O–H groups in total. The van der Waals surface area contributed by atoms with Gasteiger partial charge in [-0.1, -0.05) is 35.9 Å². The van der Waals surface area contributed by atoms with E-state index in [0.29, 0.717) is 30.5 Å². The van der Waals surface area contributed by atoms with Crippen molar-refractivity contribution in [3.05, 3.63) is 47.9 Å². The zero-order chi connectivity index (χ0) is 27.7. The third kappa shape index (κ3) is 5.77. The molecule has 1 spiro atoms. The summed E-state index contributed by atoms with van der Waals surface area (Å²) < 4.78 is 39.1. The molecule has 2 fully saturated rings. The number of aryl methyl sites for hydroxylation is 1. The number of amides is 1. The molecule has 3 aromatic rings. The van der Waals surface area contributed by atoms with E-state index in [1.165, 1.54) is 0 Å². The normalized spacial score (nSPS) is 16.4. The van der Waals surface area contributed by atoms with Crippen LogP contribution in [0.25, 0.3) is 22.3 Å². The van der Waals surface area contributed by atoms with Crippen molar-refractivity contribution in [1.29, 1.82) is 0 Å². The molecule has 1 amide bonds. The zero-order valence-corrected chi connectivity index (χ0v) is 20.9. The number of hydrogen-bond acceptors (Lipinski definition) is 7. The van der Waals surface area contributed by atoms with E-state index in [9.17, 15) is 18.0 Å². The number of nitrogens with two attached hydrogens (primary N) is 1. The van der Waals surface area contributed by atoms with Crippen molar-refractivity contribution in [3.63, 3.8) is 0 Å². The van der Waals surface area contributed by atoms with Gasteiger partial charge in [-0.3, -0.25) is 4.68 Å². The van der Waals surface area contributed by atoms with Crippen LogP contribution in [0.2, 0.25) is 5.02 Å². The van der Waals surface area contributed by atoms with Gasteiger partial charge in [0.2, 0.25) is 0 Å². The summed E-state index contributed by atoms with van der Waals surface area (Å²) in [6.45, 7) is 1.96. The van der Waals surface area contributed by atoms with Crippen LogP contribution >= 0.6 is 11.6 Å². The summed E-state index contributed by atoms with van der Waals surface area (Å²) in [5.74, 6) is -2.45. The highest BCUT2D eigenvalue weighted by molar-refractivity contribution is 6.36. The van der Waals surface area contributed by atoms with E-state index in [4.69, 9.17) is 32.0 Å². The summed E-state index contributed by atoms with van der Waals surface area (Å²) in [4.78, 5) is 26.9. The molecule has 5 rings (SSSR count). The van der Waals surface area contributed by atoms with Gasteiger partial charge in [0.15, 0.2) is 0 Å². The number of aliphatic carboxylic acids is 1. The van der Waals surface area contributed by atoms with E-state index in [-0.39, 0.29) is 6.09 Å². The van der Waals surface area contributed by atoms with Crippen LogP contribution in [0.15, 0.2) is 42.9 Å². The Labute approximate surface area is 220 Å². The topological polar surface area (TPSA) is 136 Å². The second-order valence-electron chi connectivity index (χ2n) is 8.92. The number of rotatable bonds is 3. The molecule has 2 aliphatic heterocycles. The lowest BCUT2D eigenvalue weighted by Crippen LogP contribution is -2.47. The molecule has 0 unspecified atom stereocenters. The molecule has 0 atom stereocenters. The Morgan fingerprint density at radius 2 is 1.76 bits per heavy atom. The molecule has 10 nitrogen and oxygen atoms in total. The predicted molar refractivity (Wildman–Crippen MR) is 134 cm³/mol. The highest BCUT2D eigenvalue weighted by atomic mass is 35.5. The Kier molecular flexibility index (Phi) is 7.40. The fourth-order valence-electron chi connectivity index (χ4n) is 4.34. The molecule has 4 heterocycles. The standard InChI is InChI=1S/C22H23ClN6O2.C2HF3O2/c1-28-12-16(10-27-28)14-2-4-15(5-3-14)17-11-25-20(24)18(23)19(17)29-8-6-22(7-9-29)13-26-21(30)31-22;3-2(4,5)1(6)7/h2-5,10-12H,6-9,13H2,1H3,(H2,24,25)(H,26,30);(H,6,7). The smallest absolute Gasteiger partial charge is 0.475 e. The fourth-order valence-corrected chi connectivity index (χ4v) is 4.61. The van der Waals surface area contributed by atoms with Crippen LogP contribution in [0.1, 0.15) is 12.8 Å². The average molecular weight is 553 g/mol. The van der Waals surface area contributed by atoms with Crippen LogP contribution in [0, 0.1) is 0 Å². The molecule has 0 radical (unpaired) electrons. The Hall–Kier alpha value is -4.00. The maximum absolute atomic E-state index is 11.5. The first kappa shape index (κ1) is 27.0. The van der Waals surface area contributed by atoms with Crippen molar-refractivity contribution >= 4 is 35.2 Å². The van der Waals surface area contributed by atoms with Gasteiger partial charge in [0.05, 0.1) is 18.4 Å². The number of nitrogens with one attached hydrogen (secondary N) is 1. The number of nitrogen functional groups attached to an aromatic ring is 1. The number of aromatic nitrogens is 3. The van der Waals surface area contributed by atoms with Crippen LogP contribution in [-0.4, -0.2) is 63.3 Å². The summed E-state index contributed by atoms with van der Waals surface area (Å²) in [6, 6.07) is 8.25. The van der Waals surface area contributed by atoms with Crippen molar-refractivity contribution in [2.24, 2.45) is 7.05 Å². The monoisotopic (exact) mass is 552 g/mol. The number of pyridine rings is 1. The van der Waals surface area contributed by atoms with Gasteiger partial charge in [-0.2, -0.15) is 18.3 Å². The molecule has 2 aromatic heterocycles. The summed E-state index contributed by atoms with van der Waals surface area (Å²) in [5, 5.41) is 14.6. The first-order valence-corrected chi connectivity index (χ1v) is 11.8. The Morgan fingerprint density at radius 3 is 2.26 bits per heavy atom. The van der Waals surface area contributed by atoms with Crippen LogP contribution in [-0.2, 0) is 16.6 Å². The quantitative estimate of drug-likeness (QED) is 0.442. The van der Waals surface area contributed by atoms with E-state index >= 15 is 0 Å². The molecule has 38 heavy (non-hydrogen) atoms. The minimum atomic E-state index is -5.08. The molecule has 14 heteroatoms. The zero-order valence-electron chi connectivity index (χ0n) is 20.1. The largest absolute Gasteiger partial charge is 0.490 e. The van der Waals surface area contributed by atoms with Crippen molar-refractivity contribution in [2.45, 2.75) is 24.6 Å². The Balaban J connectivity index is 0.000000426. The predicted octanol–water partition coefficient (Wildman–Crippen LogP) is 4.10. The molecule has 0 saturated carbocycles. The second kappa shape index (κ2) is 10.4. The minimum absolute atomic E-state index is 0.307.